The molecule has 0 saturated heterocycles. The number of H-pyrrole nitrogens is 1. The van der Waals surface area contributed by atoms with Gasteiger partial charge in [-0.15, -0.1) is 10.2 Å². The van der Waals surface area contributed by atoms with Crippen LogP contribution in [-0.4, -0.2) is 31.5 Å². The van der Waals surface area contributed by atoms with Gasteiger partial charge in [0.05, 0.1) is 11.6 Å². The predicted molar refractivity (Wildman–Crippen MR) is 85.8 cm³/mol. The summed E-state index contributed by atoms with van der Waals surface area (Å²) in [6.07, 6.45) is 1.65. The molecule has 7 nitrogen and oxygen atoms in total. The van der Waals surface area contributed by atoms with Crippen LogP contribution in [0, 0.1) is 6.92 Å². The third kappa shape index (κ3) is 3.33. The van der Waals surface area contributed by atoms with Crippen LogP contribution in [0.5, 0.6) is 0 Å². The predicted octanol–water partition coefficient (Wildman–Crippen LogP) is 2.33. The Morgan fingerprint density at radius 3 is 2.91 bits per heavy atom. The van der Waals surface area contributed by atoms with Gasteiger partial charge in [-0.25, -0.2) is 0 Å². The zero-order chi connectivity index (χ0) is 16.2. The highest BCUT2D eigenvalue weighted by atomic mass is 16.1. The molecule has 0 aliphatic rings. The van der Waals surface area contributed by atoms with Crippen molar-refractivity contribution in [2.24, 2.45) is 0 Å². The second-order valence-electron chi connectivity index (χ2n) is 5.44. The Hall–Kier alpha value is -2.83. The van der Waals surface area contributed by atoms with E-state index in [9.17, 15) is 4.79 Å². The van der Waals surface area contributed by atoms with Gasteiger partial charge in [0.2, 0.25) is 0 Å². The molecule has 1 aromatic carbocycles. The summed E-state index contributed by atoms with van der Waals surface area (Å²) in [5.74, 6) is 0.342. The minimum atomic E-state index is -0.252. The normalized spacial score (nSPS) is 12.3. The van der Waals surface area contributed by atoms with E-state index in [1.165, 1.54) is 0 Å². The molecule has 3 aromatic rings. The number of aryl methyl sites for hydroxylation is 1. The van der Waals surface area contributed by atoms with Gasteiger partial charge in [0.15, 0.2) is 5.82 Å². The van der Waals surface area contributed by atoms with Crippen molar-refractivity contribution in [1.82, 2.24) is 30.9 Å². The van der Waals surface area contributed by atoms with E-state index < -0.39 is 0 Å². The quantitative estimate of drug-likeness (QED) is 0.754. The number of nitrogens with zero attached hydrogens (tertiary/aromatic N) is 4. The first kappa shape index (κ1) is 15.1. The van der Waals surface area contributed by atoms with Crippen molar-refractivity contribution in [3.63, 3.8) is 0 Å². The number of pyridine rings is 1. The lowest BCUT2D eigenvalue weighted by molar-refractivity contribution is 0.0932. The molecule has 0 aliphatic carbocycles. The first-order valence-electron chi connectivity index (χ1n) is 7.59. The van der Waals surface area contributed by atoms with Crippen molar-refractivity contribution in [3.8, 4) is 0 Å². The Morgan fingerprint density at radius 1 is 1.30 bits per heavy atom. The van der Waals surface area contributed by atoms with Crippen molar-refractivity contribution < 1.29 is 4.79 Å². The summed E-state index contributed by atoms with van der Waals surface area (Å²) in [4.78, 5) is 17.0. The molecule has 0 radical (unpaired) electrons. The van der Waals surface area contributed by atoms with E-state index in [-0.39, 0.29) is 11.9 Å². The molecule has 23 heavy (non-hydrogen) atoms. The van der Waals surface area contributed by atoms with E-state index in [0.717, 1.165) is 29.4 Å². The number of hydrogen-bond donors (Lipinski definition) is 2. The topological polar surface area (TPSA) is 96.5 Å². The minimum Gasteiger partial charge on any atom is -0.342 e. The van der Waals surface area contributed by atoms with Crippen LogP contribution in [0.4, 0.5) is 0 Å². The SMILES string of the molecule is CCC[C@@H](NC(=O)c1ccc2nc(C)ccc2c1)c1nn[nH]n1. The van der Waals surface area contributed by atoms with Gasteiger partial charge >= 0.3 is 0 Å². The second kappa shape index (κ2) is 6.51. The number of amides is 1. The zero-order valence-corrected chi connectivity index (χ0v) is 13.1. The van der Waals surface area contributed by atoms with E-state index in [0.29, 0.717) is 11.4 Å². The van der Waals surface area contributed by atoms with Crippen molar-refractivity contribution >= 4 is 16.8 Å². The smallest absolute Gasteiger partial charge is 0.251 e. The highest BCUT2D eigenvalue weighted by Crippen LogP contribution is 2.17. The first-order chi connectivity index (χ1) is 11.2. The maximum atomic E-state index is 12.5. The van der Waals surface area contributed by atoms with E-state index in [1.54, 1.807) is 6.07 Å². The summed E-state index contributed by atoms with van der Waals surface area (Å²) in [6.45, 7) is 3.99. The Bertz CT molecular complexity index is 815. The van der Waals surface area contributed by atoms with E-state index in [1.807, 2.05) is 38.1 Å². The lowest BCUT2D eigenvalue weighted by atomic mass is 10.1. The molecule has 1 amide bonds. The van der Waals surface area contributed by atoms with Crippen molar-refractivity contribution in [1.29, 1.82) is 0 Å². The van der Waals surface area contributed by atoms with Crippen LogP contribution >= 0.6 is 0 Å². The lowest BCUT2D eigenvalue weighted by Gasteiger charge is -2.14. The van der Waals surface area contributed by atoms with Crippen molar-refractivity contribution in [2.75, 3.05) is 0 Å². The number of carbonyl (C=O) groups is 1. The van der Waals surface area contributed by atoms with Crippen LogP contribution < -0.4 is 5.32 Å². The van der Waals surface area contributed by atoms with Gasteiger partial charge < -0.3 is 5.32 Å². The monoisotopic (exact) mass is 310 g/mol. The molecule has 0 saturated carbocycles. The van der Waals surface area contributed by atoms with Crippen LogP contribution in [0.2, 0.25) is 0 Å². The summed E-state index contributed by atoms with van der Waals surface area (Å²) in [6, 6.07) is 9.14. The van der Waals surface area contributed by atoms with E-state index in [2.05, 4.69) is 30.9 Å². The number of aromatic amines is 1. The molecule has 2 aromatic heterocycles. The average Bonchev–Trinajstić information content (AvgIpc) is 3.08. The van der Waals surface area contributed by atoms with Gasteiger partial charge in [0.25, 0.3) is 5.91 Å². The first-order valence-corrected chi connectivity index (χ1v) is 7.59. The van der Waals surface area contributed by atoms with Gasteiger partial charge in [-0.3, -0.25) is 9.78 Å². The summed E-state index contributed by atoms with van der Waals surface area (Å²) in [7, 11) is 0. The molecule has 1 atom stereocenters. The molecule has 0 aliphatic heterocycles. The standard InChI is InChI=1S/C16H18N6O/c1-3-4-14(15-19-21-22-20-15)18-16(23)12-7-8-13-11(9-12)6-5-10(2)17-13/h5-9,14H,3-4H2,1-2H3,(H,18,23)(H,19,20,21,22)/t14-/m1/s1. The fourth-order valence-electron chi connectivity index (χ4n) is 2.48. The maximum absolute atomic E-state index is 12.5. The Balaban J connectivity index is 1.83. The number of benzene rings is 1. The van der Waals surface area contributed by atoms with Gasteiger partial charge in [0, 0.05) is 16.6 Å². The molecule has 2 N–H and O–H groups in total. The van der Waals surface area contributed by atoms with Gasteiger partial charge in [-0.1, -0.05) is 24.6 Å². The highest BCUT2D eigenvalue weighted by Gasteiger charge is 2.19. The molecule has 2 heterocycles. The van der Waals surface area contributed by atoms with E-state index in [4.69, 9.17) is 0 Å². The Kier molecular flexibility index (Phi) is 4.27. The molecule has 0 bridgehead atoms. The Morgan fingerprint density at radius 2 is 2.17 bits per heavy atom. The van der Waals surface area contributed by atoms with Crippen LogP contribution in [0.3, 0.4) is 0 Å². The number of carbonyl (C=O) groups excluding carboxylic acids is 1. The molecule has 7 heteroatoms. The van der Waals surface area contributed by atoms with Crippen molar-refractivity contribution in [3.05, 3.63) is 47.4 Å². The maximum Gasteiger partial charge on any atom is 0.251 e. The van der Waals surface area contributed by atoms with Crippen LogP contribution in [0.1, 0.15) is 47.7 Å². The van der Waals surface area contributed by atoms with Crippen LogP contribution in [-0.2, 0) is 0 Å². The number of nitrogens with one attached hydrogen (secondary N) is 2. The zero-order valence-electron chi connectivity index (χ0n) is 13.1. The fraction of sp³-hybridized carbons (Fsp3) is 0.312. The lowest BCUT2D eigenvalue weighted by Crippen LogP contribution is -2.29. The number of aromatic nitrogens is 5. The molecule has 0 spiro atoms. The van der Waals surface area contributed by atoms with Gasteiger partial charge in [0.1, 0.15) is 0 Å². The fourth-order valence-corrected chi connectivity index (χ4v) is 2.48. The van der Waals surface area contributed by atoms with Crippen LogP contribution in [0.25, 0.3) is 10.9 Å². The largest absolute Gasteiger partial charge is 0.342 e. The number of tetrazole rings is 1. The second-order valence-corrected chi connectivity index (χ2v) is 5.44. The highest BCUT2D eigenvalue weighted by molar-refractivity contribution is 5.98. The van der Waals surface area contributed by atoms with Gasteiger partial charge in [-0.05, 0) is 37.6 Å². The third-order valence-electron chi connectivity index (χ3n) is 3.65. The number of rotatable bonds is 5. The summed E-state index contributed by atoms with van der Waals surface area (Å²) >= 11 is 0. The molecular formula is C16H18N6O. The molecule has 0 unspecified atom stereocenters. The third-order valence-corrected chi connectivity index (χ3v) is 3.65. The number of hydrogen-bond acceptors (Lipinski definition) is 5. The van der Waals surface area contributed by atoms with E-state index >= 15 is 0 Å². The molecule has 3 rings (SSSR count). The summed E-state index contributed by atoms with van der Waals surface area (Å²) in [5, 5.41) is 17.8. The molecule has 118 valence electrons. The number of fused-ring (bicyclic) bond motifs is 1. The molecular weight excluding hydrogens is 292 g/mol. The van der Waals surface area contributed by atoms with Gasteiger partial charge in [-0.2, -0.15) is 5.21 Å². The summed E-state index contributed by atoms with van der Waals surface area (Å²) in [5.41, 5.74) is 2.42. The van der Waals surface area contributed by atoms with Crippen LogP contribution in [0.15, 0.2) is 30.3 Å². The van der Waals surface area contributed by atoms with Crippen molar-refractivity contribution in [2.45, 2.75) is 32.7 Å². The summed E-state index contributed by atoms with van der Waals surface area (Å²) < 4.78 is 0. The average molecular weight is 310 g/mol. The molecule has 0 fully saturated rings. The Labute approximate surface area is 133 Å². The minimum absolute atomic E-state index is 0.157.